The smallest absolute Gasteiger partial charge is 0.339 e. The SMILES string of the molecule is O=C1OC(CCO)c2ccc(Cl)cc21. The van der Waals surface area contributed by atoms with Crippen LogP contribution in [0.25, 0.3) is 0 Å². The third-order valence-electron chi connectivity index (χ3n) is 2.22. The summed E-state index contributed by atoms with van der Waals surface area (Å²) in [4.78, 5) is 11.3. The summed E-state index contributed by atoms with van der Waals surface area (Å²) in [6.45, 7) is 0.0000130. The maximum absolute atomic E-state index is 11.3. The van der Waals surface area contributed by atoms with E-state index in [1.165, 1.54) is 0 Å². The summed E-state index contributed by atoms with van der Waals surface area (Å²) in [6.07, 6.45) is 0.111. The zero-order chi connectivity index (χ0) is 10.1. The number of carbonyl (C=O) groups excluding carboxylic acids is 1. The average molecular weight is 213 g/mol. The van der Waals surface area contributed by atoms with Crippen molar-refractivity contribution in [2.24, 2.45) is 0 Å². The first-order valence-corrected chi connectivity index (χ1v) is 4.71. The van der Waals surface area contributed by atoms with Crippen LogP contribution >= 0.6 is 11.6 Å². The quantitative estimate of drug-likeness (QED) is 0.762. The number of esters is 1. The second-order valence-corrected chi connectivity index (χ2v) is 3.57. The van der Waals surface area contributed by atoms with Crippen LogP contribution in [0.2, 0.25) is 5.02 Å². The lowest BCUT2D eigenvalue weighted by Gasteiger charge is -2.07. The van der Waals surface area contributed by atoms with E-state index < -0.39 is 0 Å². The normalized spacial score (nSPS) is 19.3. The van der Waals surface area contributed by atoms with Crippen molar-refractivity contribution in [2.45, 2.75) is 12.5 Å². The van der Waals surface area contributed by atoms with Crippen molar-refractivity contribution in [2.75, 3.05) is 6.61 Å². The van der Waals surface area contributed by atoms with Gasteiger partial charge in [-0.25, -0.2) is 4.79 Å². The maximum atomic E-state index is 11.3. The molecule has 1 heterocycles. The molecular weight excluding hydrogens is 204 g/mol. The number of hydrogen-bond acceptors (Lipinski definition) is 3. The van der Waals surface area contributed by atoms with Gasteiger partial charge in [0.25, 0.3) is 0 Å². The van der Waals surface area contributed by atoms with Crippen molar-refractivity contribution in [3.63, 3.8) is 0 Å². The van der Waals surface area contributed by atoms with Crippen molar-refractivity contribution >= 4 is 17.6 Å². The highest BCUT2D eigenvalue weighted by Crippen LogP contribution is 2.34. The Balaban J connectivity index is 2.39. The van der Waals surface area contributed by atoms with Crippen LogP contribution in [-0.2, 0) is 4.74 Å². The van der Waals surface area contributed by atoms with Crippen molar-refractivity contribution in [1.82, 2.24) is 0 Å². The lowest BCUT2D eigenvalue weighted by atomic mass is 10.0. The molecule has 0 bridgehead atoms. The zero-order valence-corrected chi connectivity index (χ0v) is 8.12. The Morgan fingerprint density at radius 1 is 1.50 bits per heavy atom. The largest absolute Gasteiger partial charge is 0.454 e. The highest BCUT2D eigenvalue weighted by Gasteiger charge is 2.30. The van der Waals surface area contributed by atoms with Gasteiger partial charge in [0.2, 0.25) is 0 Å². The molecule has 4 heteroatoms. The number of benzene rings is 1. The predicted molar refractivity (Wildman–Crippen MR) is 51.3 cm³/mol. The lowest BCUT2D eigenvalue weighted by Crippen LogP contribution is -2.00. The number of halogens is 1. The molecule has 3 nitrogen and oxygen atoms in total. The Morgan fingerprint density at radius 3 is 3.00 bits per heavy atom. The van der Waals surface area contributed by atoms with Gasteiger partial charge in [-0.05, 0) is 12.1 Å². The predicted octanol–water partition coefficient (Wildman–Crippen LogP) is 1.93. The summed E-state index contributed by atoms with van der Waals surface area (Å²) in [6, 6.07) is 5.08. The monoisotopic (exact) mass is 212 g/mol. The van der Waals surface area contributed by atoms with Gasteiger partial charge in [-0.2, -0.15) is 0 Å². The molecule has 1 aliphatic rings. The van der Waals surface area contributed by atoms with Gasteiger partial charge >= 0.3 is 5.97 Å². The second kappa shape index (κ2) is 3.59. The number of aliphatic hydroxyl groups is 1. The third kappa shape index (κ3) is 1.49. The molecule has 0 aliphatic carbocycles. The molecule has 0 amide bonds. The van der Waals surface area contributed by atoms with Gasteiger partial charge in [-0.3, -0.25) is 0 Å². The van der Waals surface area contributed by atoms with Crippen LogP contribution in [0.15, 0.2) is 18.2 Å². The Morgan fingerprint density at radius 2 is 2.29 bits per heavy atom. The van der Waals surface area contributed by atoms with Gasteiger partial charge in [-0.15, -0.1) is 0 Å². The van der Waals surface area contributed by atoms with Crippen LogP contribution in [0.4, 0.5) is 0 Å². The Labute approximate surface area is 86.3 Å². The van der Waals surface area contributed by atoms with E-state index >= 15 is 0 Å². The van der Waals surface area contributed by atoms with Gasteiger partial charge in [0, 0.05) is 23.6 Å². The lowest BCUT2D eigenvalue weighted by molar-refractivity contribution is 0.0332. The Bertz CT molecular complexity index is 376. The molecule has 0 aromatic heterocycles. The van der Waals surface area contributed by atoms with Crippen LogP contribution < -0.4 is 0 Å². The first-order valence-electron chi connectivity index (χ1n) is 4.33. The first-order chi connectivity index (χ1) is 6.72. The van der Waals surface area contributed by atoms with E-state index in [4.69, 9.17) is 21.4 Å². The molecule has 1 aromatic rings. The van der Waals surface area contributed by atoms with Crippen molar-refractivity contribution < 1.29 is 14.6 Å². The standard InChI is InChI=1S/C10H9ClO3/c11-6-1-2-7-8(5-6)10(13)14-9(7)3-4-12/h1-2,5,9,12H,3-4H2. The van der Waals surface area contributed by atoms with E-state index in [1.807, 2.05) is 0 Å². The van der Waals surface area contributed by atoms with Gasteiger partial charge in [0.1, 0.15) is 6.10 Å². The molecule has 1 aromatic carbocycles. The van der Waals surface area contributed by atoms with Crippen LogP contribution in [0, 0.1) is 0 Å². The number of aliphatic hydroxyl groups excluding tert-OH is 1. The molecule has 74 valence electrons. The first kappa shape index (κ1) is 9.49. The minimum Gasteiger partial charge on any atom is -0.454 e. The highest BCUT2D eigenvalue weighted by molar-refractivity contribution is 6.31. The Hall–Kier alpha value is -1.06. The van der Waals surface area contributed by atoms with Crippen molar-refractivity contribution in [3.05, 3.63) is 34.3 Å². The van der Waals surface area contributed by atoms with Crippen molar-refractivity contribution in [3.8, 4) is 0 Å². The summed E-state index contributed by atoms with van der Waals surface area (Å²) in [5.41, 5.74) is 1.32. The number of carbonyl (C=O) groups is 1. The molecule has 0 spiro atoms. The fourth-order valence-electron chi connectivity index (χ4n) is 1.57. The average Bonchev–Trinajstić information content (AvgIpc) is 2.44. The van der Waals surface area contributed by atoms with E-state index in [1.54, 1.807) is 18.2 Å². The minimum absolute atomic E-state index is 0.0000130. The third-order valence-corrected chi connectivity index (χ3v) is 2.46. The molecule has 0 saturated heterocycles. The fourth-order valence-corrected chi connectivity index (χ4v) is 1.75. The number of rotatable bonds is 2. The van der Waals surface area contributed by atoms with Crippen LogP contribution in [-0.4, -0.2) is 17.7 Å². The molecule has 1 unspecified atom stereocenters. The van der Waals surface area contributed by atoms with Crippen LogP contribution in [0.1, 0.15) is 28.4 Å². The molecule has 1 atom stereocenters. The minimum atomic E-state index is -0.360. The molecule has 0 fully saturated rings. The molecule has 0 saturated carbocycles. The molecular formula is C10H9ClO3. The molecule has 1 N–H and O–H groups in total. The Kier molecular flexibility index (Phi) is 2.44. The number of hydrogen-bond donors (Lipinski definition) is 1. The van der Waals surface area contributed by atoms with E-state index in [0.717, 1.165) is 5.56 Å². The highest BCUT2D eigenvalue weighted by atomic mass is 35.5. The van der Waals surface area contributed by atoms with Gasteiger partial charge in [-0.1, -0.05) is 17.7 Å². The summed E-state index contributed by atoms with van der Waals surface area (Å²) in [5, 5.41) is 9.29. The summed E-state index contributed by atoms with van der Waals surface area (Å²) in [7, 11) is 0. The maximum Gasteiger partial charge on any atom is 0.339 e. The summed E-state index contributed by atoms with van der Waals surface area (Å²) >= 11 is 5.76. The van der Waals surface area contributed by atoms with Crippen molar-refractivity contribution in [1.29, 1.82) is 0 Å². The summed E-state index contributed by atoms with van der Waals surface area (Å²) < 4.78 is 5.07. The molecule has 14 heavy (non-hydrogen) atoms. The van der Waals surface area contributed by atoms with E-state index in [-0.39, 0.29) is 18.7 Å². The summed E-state index contributed by atoms with van der Waals surface area (Å²) in [5.74, 6) is -0.360. The van der Waals surface area contributed by atoms with E-state index in [2.05, 4.69) is 0 Å². The van der Waals surface area contributed by atoms with Gasteiger partial charge < -0.3 is 9.84 Å². The zero-order valence-electron chi connectivity index (χ0n) is 7.37. The topological polar surface area (TPSA) is 46.5 Å². The number of cyclic esters (lactones) is 1. The molecule has 2 rings (SSSR count). The number of fused-ring (bicyclic) bond motifs is 1. The molecule has 0 radical (unpaired) electrons. The van der Waals surface area contributed by atoms with Gasteiger partial charge in [0.15, 0.2) is 0 Å². The molecule has 1 aliphatic heterocycles. The van der Waals surface area contributed by atoms with Crippen LogP contribution in [0.3, 0.4) is 0 Å². The van der Waals surface area contributed by atoms with E-state index in [9.17, 15) is 4.79 Å². The van der Waals surface area contributed by atoms with E-state index in [0.29, 0.717) is 17.0 Å². The fraction of sp³-hybridized carbons (Fsp3) is 0.300. The second-order valence-electron chi connectivity index (χ2n) is 3.14. The van der Waals surface area contributed by atoms with Gasteiger partial charge in [0.05, 0.1) is 5.56 Å². The number of ether oxygens (including phenoxy) is 1. The van der Waals surface area contributed by atoms with Crippen LogP contribution in [0.5, 0.6) is 0 Å².